The zero-order valence-electron chi connectivity index (χ0n) is 11.4. The molecule has 3 rings (SSSR count). The quantitative estimate of drug-likeness (QED) is 0.776. The summed E-state index contributed by atoms with van der Waals surface area (Å²) < 4.78 is 18.7. The number of aromatic nitrogens is 2. The van der Waals surface area contributed by atoms with Gasteiger partial charge in [-0.3, -0.25) is 0 Å². The molecule has 1 N–H and O–H groups in total. The lowest BCUT2D eigenvalue weighted by Crippen LogP contribution is -2.03. The Bertz CT molecular complexity index is 734. The fraction of sp³-hybridized carbons (Fsp3) is 0.188. The van der Waals surface area contributed by atoms with Gasteiger partial charge in [0.1, 0.15) is 23.5 Å². The highest BCUT2D eigenvalue weighted by Gasteiger charge is 2.13. The van der Waals surface area contributed by atoms with Crippen LogP contribution < -0.4 is 4.74 Å². The maximum absolute atomic E-state index is 12.9. The molecule has 0 spiro atoms. The molecule has 0 aliphatic heterocycles. The second-order valence-electron chi connectivity index (χ2n) is 4.78. The molecule has 1 heterocycles. The first-order valence-electron chi connectivity index (χ1n) is 6.51. The van der Waals surface area contributed by atoms with Crippen molar-refractivity contribution in [2.75, 3.05) is 0 Å². The van der Waals surface area contributed by atoms with Crippen LogP contribution in [0.3, 0.4) is 0 Å². The molecule has 1 unspecified atom stereocenters. The lowest BCUT2D eigenvalue weighted by molar-refractivity contribution is 0.228. The van der Waals surface area contributed by atoms with Crippen molar-refractivity contribution in [3.63, 3.8) is 0 Å². The van der Waals surface area contributed by atoms with Crippen molar-refractivity contribution < 1.29 is 9.13 Å². The van der Waals surface area contributed by atoms with E-state index in [0.29, 0.717) is 5.75 Å². The van der Waals surface area contributed by atoms with E-state index >= 15 is 0 Å². The number of aromatic amines is 1. The van der Waals surface area contributed by atoms with Gasteiger partial charge in [-0.05, 0) is 44.2 Å². The molecule has 0 bridgehead atoms. The van der Waals surface area contributed by atoms with Crippen LogP contribution in [-0.2, 0) is 0 Å². The van der Waals surface area contributed by atoms with E-state index in [1.165, 1.54) is 12.1 Å². The number of nitrogens with one attached hydrogen (secondary N) is 1. The zero-order valence-corrected chi connectivity index (χ0v) is 11.4. The molecule has 0 fully saturated rings. The molecule has 0 amide bonds. The number of rotatable bonds is 3. The Balaban J connectivity index is 1.92. The van der Waals surface area contributed by atoms with Gasteiger partial charge in [0, 0.05) is 5.56 Å². The number of halogens is 1. The Hall–Kier alpha value is -2.36. The van der Waals surface area contributed by atoms with Gasteiger partial charge in [-0.25, -0.2) is 9.37 Å². The number of hydrogen-bond acceptors (Lipinski definition) is 2. The maximum Gasteiger partial charge on any atom is 0.123 e. The van der Waals surface area contributed by atoms with Crippen LogP contribution in [0.4, 0.5) is 4.39 Å². The topological polar surface area (TPSA) is 37.9 Å². The van der Waals surface area contributed by atoms with Gasteiger partial charge < -0.3 is 9.72 Å². The van der Waals surface area contributed by atoms with Crippen molar-refractivity contribution in [3.05, 3.63) is 59.7 Å². The Morgan fingerprint density at radius 1 is 1.15 bits per heavy atom. The molecule has 3 nitrogen and oxygen atoms in total. The molecule has 3 aromatic rings. The fourth-order valence-corrected chi connectivity index (χ4v) is 2.29. The molecule has 2 aromatic carbocycles. The predicted molar refractivity (Wildman–Crippen MR) is 76.3 cm³/mol. The van der Waals surface area contributed by atoms with Crippen LogP contribution in [0.2, 0.25) is 0 Å². The molecule has 4 heteroatoms. The highest BCUT2D eigenvalue weighted by atomic mass is 19.1. The van der Waals surface area contributed by atoms with E-state index in [0.717, 1.165) is 22.4 Å². The van der Waals surface area contributed by atoms with E-state index in [2.05, 4.69) is 9.97 Å². The minimum absolute atomic E-state index is 0.160. The molecule has 102 valence electrons. The zero-order chi connectivity index (χ0) is 14.1. The molecule has 0 aliphatic rings. The molecule has 0 aliphatic carbocycles. The van der Waals surface area contributed by atoms with Crippen molar-refractivity contribution in [2.45, 2.75) is 20.0 Å². The number of ether oxygens (including phenoxy) is 1. The number of H-pyrrole nitrogens is 1. The van der Waals surface area contributed by atoms with Gasteiger partial charge in [-0.1, -0.05) is 12.1 Å². The molecule has 0 radical (unpaired) electrons. The monoisotopic (exact) mass is 270 g/mol. The molecule has 20 heavy (non-hydrogen) atoms. The van der Waals surface area contributed by atoms with Crippen molar-refractivity contribution >= 4 is 11.0 Å². The number of aryl methyl sites for hydroxylation is 1. The minimum Gasteiger partial charge on any atom is -0.486 e. The predicted octanol–water partition coefficient (Wildman–Crippen LogP) is 4.15. The summed E-state index contributed by atoms with van der Waals surface area (Å²) in [6.45, 7) is 3.89. The van der Waals surface area contributed by atoms with Crippen LogP contribution in [0.5, 0.6) is 5.75 Å². The van der Waals surface area contributed by atoms with E-state index in [9.17, 15) is 4.39 Å². The molecular weight excluding hydrogens is 255 g/mol. The van der Waals surface area contributed by atoms with E-state index in [1.807, 2.05) is 32.0 Å². The first-order valence-corrected chi connectivity index (χ1v) is 6.51. The molecular formula is C16H15FN2O. The highest BCUT2D eigenvalue weighted by molar-refractivity contribution is 5.79. The first-order chi connectivity index (χ1) is 9.63. The Labute approximate surface area is 116 Å². The number of benzene rings is 2. The summed E-state index contributed by atoms with van der Waals surface area (Å²) in [6, 6.07) is 12.0. The van der Waals surface area contributed by atoms with E-state index < -0.39 is 0 Å². The normalized spacial score (nSPS) is 12.6. The Morgan fingerprint density at radius 3 is 2.65 bits per heavy atom. The summed E-state index contributed by atoms with van der Waals surface area (Å²) in [5.41, 5.74) is 2.92. The van der Waals surface area contributed by atoms with Gasteiger partial charge in [-0.15, -0.1) is 0 Å². The smallest absolute Gasteiger partial charge is 0.123 e. The van der Waals surface area contributed by atoms with E-state index in [4.69, 9.17) is 4.74 Å². The average molecular weight is 270 g/mol. The van der Waals surface area contributed by atoms with Crippen LogP contribution in [0.25, 0.3) is 11.0 Å². The molecule has 0 saturated carbocycles. The van der Waals surface area contributed by atoms with Crippen molar-refractivity contribution in [2.24, 2.45) is 0 Å². The SMILES string of the molecule is Cc1nc2c(C(C)Oc3ccc(F)cc3)cccc2[nH]1. The van der Waals surface area contributed by atoms with Crippen molar-refractivity contribution in [1.29, 1.82) is 0 Å². The Morgan fingerprint density at radius 2 is 1.90 bits per heavy atom. The van der Waals surface area contributed by atoms with Gasteiger partial charge >= 0.3 is 0 Å². The van der Waals surface area contributed by atoms with E-state index in [1.54, 1.807) is 12.1 Å². The van der Waals surface area contributed by atoms with Crippen molar-refractivity contribution in [3.8, 4) is 5.75 Å². The maximum atomic E-state index is 12.9. The highest BCUT2D eigenvalue weighted by Crippen LogP contribution is 2.27. The number of imidazole rings is 1. The summed E-state index contributed by atoms with van der Waals surface area (Å²) in [5.74, 6) is 1.25. The average Bonchev–Trinajstić information content (AvgIpc) is 2.81. The largest absolute Gasteiger partial charge is 0.486 e. The van der Waals surface area contributed by atoms with Gasteiger partial charge in [0.05, 0.1) is 11.0 Å². The molecule has 1 atom stereocenters. The van der Waals surface area contributed by atoms with Crippen LogP contribution in [0.15, 0.2) is 42.5 Å². The van der Waals surface area contributed by atoms with Crippen LogP contribution in [0.1, 0.15) is 24.4 Å². The summed E-state index contributed by atoms with van der Waals surface area (Å²) in [5, 5.41) is 0. The summed E-state index contributed by atoms with van der Waals surface area (Å²) in [6.07, 6.45) is -0.160. The van der Waals surface area contributed by atoms with Crippen LogP contribution >= 0.6 is 0 Å². The lowest BCUT2D eigenvalue weighted by Gasteiger charge is -2.15. The van der Waals surface area contributed by atoms with Gasteiger partial charge in [0.2, 0.25) is 0 Å². The summed E-state index contributed by atoms with van der Waals surface area (Å²) >= 11 is 0. The summed E-state index contributed by atoms with van der Waals surface area (Å²) in [7, 11) is 0. The fourth-order valence-electron chi connectivity index (χ4n) is 2.29. The number of para-hydroxylation sites is 1. The standard InChI is InChI=1S/C16H15FN2O/c1-10(20-13-8-6-12(17)7-9-13)14-4-3-5-15-16(14)19-11(2)18-15/h3-10H,1-2H3,(H,18,19). The third-order valence-corrected chi connectivity index (χ3v) is 3.23. The van der Waals surface area contributed by atoms with Crippen LogP contribution in [-0.4, -0.2) is 9.97 Å². The van der Waals surface area contributed by atoms with Gasteiger partial charge in [-0.2, -0.15) is 0 Å². The van der Waals surface area contributed by atoms with Crippen molar-refractivity contribution in [1.82, 2.24) is 9.97 Å². The summed E-state index contributed by atoms with van der Waals surface area (Å²) in [4.78, 5) is 7.70. The second-order valence-corrected chi connectivity index (χ2v) is 4.78. The number of nitrogens with zero attached hydrogens (tertiary/aromatic N) is 1. The molecule has 0 saturated heterocycles. The lowest BCUT2D eigenvalue weighted by atomic mass is 10.1. The second kappa shape index (κ2) is 4.96. The van der Waals surface area contributed by atoms with Gasteiger partial charge in [0.15, 0.2) is 0 Å². The number of hydrogen-bond donors (Lipinski definition) is 1. The first kappa shape index (κ1) is 12.7. The third-order valence-electron chi connectivity index (χ3n) is 3.23. The van der Waals surface area contributed by atoms with E-state index in [-0.39, 0.29) is 11.9 Å². The Kier molecular flexibility index (Phi) is 3.14. The number of fused-ring (bicyclic) bond motifs is 1. The van der Waals surface area contributed by atoms with Crippen LogP contribution in [0, 0.1) is 12.7 Å². The third kappa shape index (κ3) is 2.37. The molecule has 1 aromatic heterocycles. The minimum atomic E-state index is -0.268. The van der Waals surface area contributed by atoms with Gasteiger partial charge in [0.25, 0.3) is 0 Å².